The molecule has 0 spiro atoms. The van der Waals surface area contributed by atoms with Crippen molar-refractivity contribution in [3.8, 4) is 0 Å². The Morgan fingerprint density at radius 3 is 3.31 bits per heavy atom. The number of rotatable bonds is 1. The van der Waals surface area contributed by atoms with Crippen molar-refractivity contribution in [1.29, 1.82) is 0 Å². The molecule has 1 saturated heterocycles. The average molecular weight is 234 g/mol. The highest BCUT2D eigenvalue weighted by atomic mass is 32.1. The Morgan fingerprint density at radius 2 is 2.44 bits per heavy atom. The summed E-state index contributed by atoms with van der Waals surface area (Å²) >= 11 is 1.67. The molecule has 1 atom stereocenters. The van der Waals surface area contributed by atoms with E-state index in [1.165, 1.54) is 5.39 Å². The zero-order chi connectivity index (χ0) is 11.0. The number of piperazine rings is 1. The molecule has 3 heterocycles. The SMILES string of the molecule is C[C@H]1CN(c2ncnc3sccc23)CCN1. The van der Waals surface area contributed by atoms with Crippen LogP contribution in [0.25, 0.3) is 10.2 Å². The fourth-order valence-electron chi connectivity index (χ4n) is 2.15. The maximum atomic E-state index is 4.43. The standard InChI is InChI=1S/C11H14N4S/c1-8-6-15(4-3-12-8)10-9-2-5-16-11(9)14-7-13-10/h2,5,7-8,12H,3-4,6H2,1H3/t8-/m0/s1. The molecule has 0 aliphatic carbocycles. The van der Waals surface area contributed by atoms with E-state index >= 15 is 0 Å². The number of anilines is 1. The Hall–Kier alpha value is -1.20. The van der Waals surface area contributed by atoms with Gasteiger partial charge in [-0.1, -0.05) is 0 Å². The molecule has 5 heteroatoms. The van der Waals surface area contributed by atoms with E-state index in [2.05, 4.69) is 38.6 Å². The van der Waals surface area contributed by atoms with Crippen molar-refractivity contribution in [2.24, 2.45) is 0 Å². The van der Waals surface area contributed by atoms with Crippen LogP contribution in [0.4, 0.5) is 5.82 Å². The van der Waals surface area contributed by atoms with Crippen molar-refractivity contribution in [3.63, 3.8) is 0 Å². The van der Waals surface area contributed by atoms with Crippen LogP contribution >= 0.6 is 11.3 Å². The van der Waals surface area contributed by atoms with Gasteiger partial charge in [-0.3, -0.25) is 0 Å². The molecule has 4 nitrogen and oxygen atoms in total. The Morgan fingerprint density at radius 1 is 1.50 bits per heavy atom. The van der Waals surface area contributed by atoms with Crippen LogP contribution in [0.3, 0.4) is 0 Å². The monoisotopic (exact) mass is 234 g/mol. The number of hydrogen-bond acceptors (Lipinski definition) is 5. The van der Waals surface area contributed by atoms with E-state index in [4.69, 9.17) is 0 Å². The minimum absolute atomic E-state index is 0.525. The van der Waals surface area contributed by atoms with Crippen molar-refractivity contribution in [1.82, 2.24) is 15.3 Å². The van der Waals surface area contributed by atoms with Gasteiger partial charge >= 0.3 is 0 Å². The molecule has 16 heavy (non-hydrogen) atoms. The number of nitrogens with zero attached hydrogens (tertiary/aromatic N) is 3. The number of hydrogen-bond donors (Lipinski definition) is 1. The van der Waals surface area contributed by atoms with Gasteiger partial charge in [-0.25, -0.2) is 9.97 Å². The third kappa shape index (κ3) is 1.66. The first-order chi connectivity index (χ1) is 7.84. The van der Waals surface area contributed by atoms with Crippen molar-refractivity contribution in [2.75, 3.05) is 24.5 Å². The minimum atomic E-state index is 0.525. The number of aromatic nitrogens is 2. The van der Waals surface area contributed by atoms with Crippen LogP contribution in [0.5, 0.6) is 0 Å². The predicted molar refractivity (Wildman–Crippen MR) is 67.1 cm³/mol. The van der Waals surface area contributed by atoms with Gasteiger partial charge in [0.25, 0.3) is 0 Å². The molecular weight excluding hydrogens is 220 g/mol. The number of thiophene rings is 1. The number of fused-ring (bicyclic) bond motifs is 1. The third-order valence-electron chi connectivity index (χ3n) is 2.91. The van der Waals surface area contributed by atoms with E-state index in [9.17, 15) is 0 Å². The normalized spacial score (nSPS) is 21.6. The molecule has 2 aromatic rings. The molecule has 1 N–H and O–H groups in total. The van der Waals surface area contributed by atoms with Gasteiger partial charge in [0.05, 0.1) is 5.39 Å². The lowest BCUT2D eigenvalue weighted by Crippen LogP contribution is -2.49. The Labute approximate surface area is 98.3 Å². The molecule has 0 bridgehead atoms. The first-order valence-corrected chi connectivity index (χ1v) is 6.39. The van der Waals surface area contributed by atoms with Crippen LogP contribution in [0.1, 0.15) is 6.92 Å². The molecule has 1 aliphatic heterocycles. The first-order valence-electron chi connectivity index (χ1n) is 5.51. The van der Waals surface area contributed by atoms with Gasteiger partial charge in [-0.2, -0.15) is 0 Å². The van der Waals surface area contributed by atoms with Crippen molar-refractivity contribution in [3.05, 3.63) is 17.8 Å². The van der Waals surface area contributed by atoms with Gasteiger partial charge in [0.2, 0.25) is 0 Å². The molecule has 1 aliphatic rings. The van der Waals surface area contributed by atoms with Crippen molar-refractivity contribution in [2.45, 2.75) is 13.0 Å². The third-order valence-corrected chi connectivity index (χ3v) is 3.73. The summed E-state index contributed by atoms with van der Waals surface area (Å²) in [5.41, 5.74) is 0. The highest BCUT2D eigenvalue weighted by Gasteiger charge is 2.19. The lowest BCUT2D eigenvalue weighted by Gasteiger charge is -2.32. The van der Waals surface area contributed by atoms with Crippen LogP contribution in [-0.2, 0) is 0 Å². The van der Waals surface area contributed by atoms with Crippen molar-refractivity contribution < 1.29 is 0 Å². The Kier molecular flexibility index (Phi) is 2.49. The van der Waals surface area contributed by atoms with Gasteiger partial charge in [-0.15, -0.1) is 11.3 Å². The molecule has 1 fully saturated rings. The summed E-state index contributed by atoms with van der Waals surface area (Å²) in [6, 6.07) is 2.64. The fraction of sp³-hybridized carbons (Fsp3) is 0.455. The van der Waals surface area contributed by atoms with Gasteiger partial charge in [-0.05, 0) is 18.4 Å². The van der Waals surface area contributed by atoms with Crippen LogP contribution < -0.4 is 10.2 Å². The largest absolute Gasteiger partial charge is 0.353 e. The van der Waals surface area contributed by atoms with Gasteiger partial charge < -0.3 is 10.2 Å². The summed E-state index contributed by atoms with van der Waals surface area (Å²) in [6.45, 7) is 5.27. The molecule has 0 unspecified atom stereocenters. The van der Waals surface area contributed by atoms with E-state index < -0.39 is 0 Å². The molecule has 0 radical (unpaired) electrons. The fourth-order valence-corrected chi connectivity index (χ4v) is 2.88. The van der Waals surface area contributed by atoms with Crippen LogP contribution in [0.2, 0.25) is 0 Å². The lowest BCUT2D eigenvalue weighted by molar-refractivity contribution is 0.483. The predicted octanol–water partition coefficient (Wildman–Crippen LogP) is 1.49. The van der Waals surface area contributed by atoms with E-state index in [0.29, 0.717) is 6.04 Å². The van der Waals surface area contributed by atoms with Crippen molar-refractivity contribution >= 4 is 27.4 Å². The summed E-state index contributed by atoms with van der Waals surface area (Å²) < 4.78 is 0. The number of nitrogens with one attached hydrogen (secondary N) is 1. The van der Waals surface area contributed by atoms with Gasteiger partial charge in [0, 0.05) is 25.7 Å². The molecule has 3 rings (SSSR count). The summed E-state index contributed by atoms with van der Waals surface area (Å²) in [7, 11) is 0. The Balaban J connectivity index is 2.01. The van der Waals surface area contributed by atoms with E-state index in [1.54, 1.807) is 17.7 Å². The molecule has 0 saturated carbocycles. The highest BCUT2D eigenvalue weighted by Crippen LogP contribution is 2.27. The summed E-state index contributed by atoms with van der Waals surface area (Å²) in [5, 5.41) is 6.70. The summed E-state index contributed by atoms with van der Waals surface area (Å²) in [5.74, 6) is 1.08. The average Bonchev–Trinajstić information content (AvgIpc) is 2.76. The quantitative estimate of drug-likeness (QED) is 0.811. The van der Waals surface area contributed by atoms with Gasteiger partial charge in [0.15, 0.2) is 0 Å². The molecule has 0 aromatic carbocycles. The molecular formula is C11H14N4S. The highest BCUT2D eigenvalue weighted by molar-refractivity contribution is 7.16. The second kappa shape index (κ2) is 3.99. The van der Waals surface area contributed by atoms with E-state index in [1.807, 2.05) is 0 Å². The van der Waals surface area contributed by atoms with Crippen LogP contribution in [0.15, 0.2) is 17.8 Å². The molecule has 84 valence electrons. The van der Waals surface area contributed by atoms with Crippen LogP contribution in [-0.4, -0.2) is 35.6 Å². The second-order valence-electron chi connectivity index (χ2n) is 4.14. The maximum absolute atomic E-state index is 4.43. The summed E-state index contributed by atoms with van der Waals surface area (Å²) in [6.07, 6.45) is 1.67. The van der Waals surface area contributed by atoms with E-state index in [0.717, 1.165) is 30.3 Å². The minimum Gasteiger partial charge on any atom is -0.353 e. The zero-order valence-corrected chi connectivity index (χ0v) is 10.00. The topological polar surface area (TPSA) is 41.1 Å². The van der Waals surface area contributed by atoms with E-state index in [-0.39, 0.29) is 0 Å². The first kappa shape index (κ1) is 9.99. The van der Waals surface area contributed by atoms with Crippen LogP contribution in [0, 0.1) is 0 Å². The Bertz CT molecular complexity index is 495. The molecule has 2 aromatic heterocycles. The lowest BCUT2D eigenvalue weighted by atomic mass is 10.2. The summed E-state index contributed by atoms with van der Waals surface area (Å²) in [4.78, 5) is 12.1. The molecule has 0 amide bonds. The zero-order valence-electron chi connectivity index (χ0n) is 9.18. The smallest absolute Gasteiger partial charge is 0.140 e. The maximum Gasteiger partial charge on any atom is 0.140 e. The second-order valence-corrected chi connectivity index (χ2v) is 5.03. The van der Waals surface area contributed by atoms with Gasteiger partial charge in [0.1, 0.15) is 17.0 Å².